The van der Waals surface area contributed by atoms with E-state index in [1.807, 2.05) is 40.6 Å². The van der Waals surface area contributed by atoms with Crippen LogP contribution in [0.2, 0.25) is 0 Å². The third kappa shape index (κ3) is 6.26. The highest BCUT2D eigenvalue weighted by Crippen LogP contribution is 2.33. The molecule has 184 valence electrons. The molecule has 5 heteroatoms. The average Bonchev–Trinajstić information content (AvgIpc) is 3.36. The second-order valence-corrected chi connectivity index (χ2v) is 10.3. The second-order valence-electron chi connectivity index (χ2n) is 9.24. The maximum atomic E-state index is 12.9. The number of benzene rings is 1. The van der Waals surface area contributed by atoms with Crippen LogP contribution in [0.4, 0.5) is 0 Å². The van der Waals surface area contributed by atoms with Crippen LogP contribution in [0, 0.1) is 18.3 Å². The molecule has 0 aliphatic carbocycles. The Morgan fingerprint density at radius 2 is 2.03 bits per heavy atom. The number of thiophene rings is 1. The van der Waals surface area contributed by atoms with Gasteiger partial charge in [0.15, 0.2) is 0 Å². The van der Waals surface area contributed by atoms with Crippen LogP contribution in [0.15, 0.2) is 71.3 Å². The maximum Gasteiger partial charge on any atom is 0.228 e. The SMILES string of the molecule is C#C/C(=C/C(=C(\C)C(C)C)c1ccccc1OC)C(=C)N1CCN(C(=O)Cc2cccs2)C(C)C1. The Morgan fingerprint density at radius 3 is 2.63 bits per heavy atom. The molecule has 1 unspecified atom stereocenters. The molecule has 1 aliphatic rings. The highest BCUT2D eigenvalue weighted by Gasteiger charge is 2.29. The molecule has 1 aliphatic heterocycles. The van der Waals surface area contributed by atoms with Crippen LogP contribution in [-0.4, -0.2) is 48.5 Å². The molecule has 2 aromatic rings. The van der Waals surface area contributed by atoms with Gasteiger partial charge in [0.2, 0.25) is 5.91 Å². The van der Waals surface area contributed by atoms with Crippen LogP contribution in [0.3, 0.4) is 0 Å². The lowest BCUT2D eigenvalue weighted by molar-refractivity contribution is -0.134. The monoisotopic (exact) mass is 488 g/mol. The van der Waals surface area contributed by atoms with Crippen molar-refractivity contribution in [1.29, 1.82) is 0 Å². The van der Waals surface area contributed by atoms with Crippen molar-refractivity contribution in [2.24, 2.45) is 5.92 Å². The summed E-state index contributed by atoms with van der Waals surface area (Å²) in [5, 5.41) is 2.01. The number of amides is 1. The fourth-order valence-corrected chi connectivity index (χ4v) is 5.04. The van der Waals surface area contributed by atoms with Gasteiger partial charge in [-0.2, -0.15) is 0 Å². The van der Waals surface area contributed by atoms with E-state index in [4.69, 9.17) is 11.2 Å². The fraction of sp³-hybridized carbons (Fsp3) is 0.367. The fourth-order valence-electron chi connectivity index (χ4n) is 4.34. The molecule has 1 aromatic heterocycles. The molecular formula is C30H36N2O2S. The summed E-state index contributed by atoms with van der Waals surface area (Å²) in [5.41, 5.74) is 4.86. The number of allylic oxidation sites excluding steroid dienone is 4. The van der Waals surface area contributed by atoms with E-state index in [1.54, 1.807) is 18.4 Å². The minimum atomic E-state index is 0.0774. The maximum absolute atomic E-state index is 12.9. The molecule has 0 N–H and O–H groups in total. The molecule has 1 saturated heterocycles. The van der Waals surface area contributed by atoms with Gasteiger partial charge in [0, 0.05) is 47.4 Å². The lowest BCUT2D eigenvalue weighted by Gasteiger charge is -2.41. The summed E-state index contributed by atoms with van der Waals surface area (Å²) in [6, 6.07) is 12.1. The standard InChI is InChI=1S/C30H36N2O2S/c1-8-25(18-28(23(5)21(2)3)27-13-9-10-14-29(27)34-7)24(6)31-15-16-32(22(4)20-31)30(33)19-26-12-11-17-35-26/h1,9-14,17-18,21-22H,6,15-16,19-20H2,2-5,7H3/b25-18-,28-23-. The van der Waals surface area contributed by atoms with Gasteiger partial charge in [0.1, 0.15) is 5.75 Å². The number of para-hydroxylation sites is 1. The topological polar surface area (TPSA) is 32.8 Å². The molecule has 3 rings (SSSR count). The first-order valence-electron chi connectivity index (χ1n) is 12.0. The van der Waals surface area contributed by atoms with Crippen molar-refractivity contribution in [3.8, 4) is 18.1 Å². The summed E-state index contributed by atoms with van der Waals surface area (Å²) in [6.45, 7) is 15.0. The van der Waals surface area contributed by atoms with Gasteiger partial charge in [0.05, 0.1) is 13.5 Å². The Balaban J connectivity index is 1.83. The highest BCUT2D eigenvalue weighted by atomic mass is 32.1. The first-order valence-corrected chi connectivity index (χ1v) is 12.9. The largest absolute Gasteiger partial charge is 0.496 e. The Hall–Kier alpha value is -3.23. The minimum Gasteiger partial charge on any atom is -0.496 e. The summed E-state index contributed by atoms with van der Waals surface area (Å²) in [7, 11) is 1.69. The number of rotatable bonds is 8. The van der Waals surface area contributed by atoms with E-state index < -0.39 is 0 Å². The average molecular weight is 489 g/mol. The van der Waals surface area contributed by atoms with E-state index in [2.05, 4.69) is 57.2 Å². The van der Waals surface area contributed by atoms with Crippen molar-refractivity contribution in [1.82, 2.24) is 9.80 Å². The lowest BCUT2D eigenvalue weighted by Crippen LogP contribution is -2.53. The number of piperazine rings is 1. The van der Waals surface area contributed by atoms with Crippen molar-refractivity contribution in [2.75, 3.05) is 26.7 Å². The molecule has 1 amide bonds. The van der Waals surface area contributed by atoms with Gasteiger partial charge in [0.25, 0.3) is 0 Å². The zero-order chi connectivity index (χ0) is 25.5. The first-order chi connectivity index (χ1) is 16.8. The van der Waals surface area contributed by atoms with Crippen molar-refractivity contribution >= 4 is 22.8 Å². The van der Waals surface area contributed by atoms with Gasteiger partial charge >= 0.3 is 0 Å². The van der Waals surface area contributed by atoms with Gasteiger partial charge in [-0.15, -0.1) is 17.8 Å². The molecule has 0 spiro atoms. The van der Waals surface area contributed by atoms with E-state index >= 15 is 0 Å². The number of carbonyl (C=O) groups is 1. The third-order valence-electron chi connectivity index (χ3n) is 6.68. The van der Waals surface area contributed by atoms with Crippen molar-refractivity contribution in [3.63, 3.8) is 0 Å². The predicted molar refractivity (Wildman–Crippen MR) is 147 cm³/mol. The number of methoxy groups -OCH3 is 1. The molecule has 2 heterocycles. The Labute approximate surface area is 214 Å². The Kier molecular flexibility index (Phi) is 9.01. The van der Waals surface area contributed by atoms with Crippen molar-refractivity contribution in [2.45, 2.75) is 40.2 Å². The van der Waals surface area contributed by atoms with Gasteiger partial charge in [-0.05, 0) is 48.9 Å². The quantitative estimate of drug-likeness (QED) is 0.336. The summed E-state index contributed by atoms with van der Waals surface area (Å²) >= 11 is 1.62. The molecule has 1 fully saturated rings. The van der Waals surface area contributed by atoms with Crippen LogP contribution in [0.25, 0.3) is 5.57 Å². The zero-order valence-corrected chi connectivity index (χ0v) is 22.3. The van der Waals surface area contributed by atoms with E-state index in [1.165, 1.54) is 5.57 Å². The van der Waals surface area contributed by atoms with Gasteiger partial charge in [-0.25, -0.2) is 0 Å². The van der Waals surface area contributed by atoms with E-state index in [9.17, 15) is 4.79 Å². The van der Waals surface area contributed by atoms with E-state index in [0.29, 0.717) is 32.0 Å². The molecule has 4 nitrogen and oxygen atoms in total. The zero-order valence-electron chi connectivity index (χ0n) is 21.5. The summed E-state index contributed by atoms with van der Waals surface area (Å²) in [5.74, 6) is 4.20. The van der Waals surface area contributed by atoms with Crippen LogP contribution in [0.1, 0.15) is 38.1 Å². The predicted octanol–water partition coefficient (Wildman–Crippen LogP) is 6.03. The van der Waals surface area contributed by atoms with Gasteiger partial charge < -0.3 is 14.5 Å². The normalized spacial score (nSPS) is 17.2. The molecule has 1 atom stereocenters. The van der Waals surface area contributed by atoms with Crippen molar-refractivity contribution < 1.29 is 9.53 Å². The van der Waals surface area contributed by atoms with Crippen molar-refractivity contribution in [3.05, 3.63) is 81.7 Å². The summed E-state index contributed by atoms with van der Waals surface area (Å²) < 4.78 is 5.65. The lowest BCUT2D eigenvalue weighted by atomic mass is 9.91. The van der Waals surface area contributed by atoms with Crippen LogP contribution < -0.4 is 4.74 Å². The summed E-state index contributed by atoms with van der Waals surface area (Å²) in [6.07, 6.45) is 8.54. The number of hydrogen-bond donors (Lipinski definition) is 0. The molecule has 0 radical (unpaired) electrons. The highest BCUT2D eigenvalue weighted by molar-refractivity contribution is 7.10. The Morgan fingerprint density at radius 1 is 1.29 bits per heavy atom. The minimum absolute atomic E-state index is 0.0774. The van der Waals surface area contributed by atoms with Gasteiger partial charge in [-0.3, -0.25) is 4.79 Å². The number of carbonyl (C=O) groups excluding carboxylic acids is 1. The first kappa shape index (κ1) is 26.4. The molecule has 35 heavy (non-hydrogen) atoms. The van der Waals surface area contributed by atoms with Gasteiger partial charge in [-0.1, -0.05) is 56.2 Å². The third-order valence-corrected chi connectivity index (χ3v) is 7.55. The van der Waals surface area contributed by atoms with Crippen LogP contribution in [-0.2, 0) is 11.2 Å². The molecular weight excluding hydrogens is 452 g/mol. The molecule has 0 bridgehead atoms. The number of terminal acetylenes is 1. The second kappa shape index (κ2) is 12.0. The summed E-state index contributed by atoms with van der Waals surface area (Å²) in [4.78, 5) is 18.2. The van der Waals surface area contributed by atoms with Crippen LogP contribution >= 0.6 is 11.3 Å². The molecule has 0 saturated carbocycles. The number of nitrogens with zero attached hydrogens (tertiary/aromatic N) is 2. The molecule has 1 aromatic carbocycles. The van der Waals surface area contributed by atoms with Crippen LogP contribution in [0.5, 0.6) is 5.75 Å². The van der Waals surface area contributed by atoms with E-state index in [-0.39, 0.29) is 11.9 Å². The number of hydrogen-bond acceptors (Lipinski definition) is 4. The number of ether oxygens (including phenoxy) is 1. The Bertz CT molecular complexity index is 1150. The van der Waals surface area contributed by atoms with E-state index in [0.717, 1.165) is 33.0 Å². The smallest absolute Gasteiger partial charge is 0.228 e.